The standard InChI is InChI=1S/C32H57NO11S/c1-10-11-23-19(4)22(34)17-32(39)31(6,38)27(41-8)15-26(44-32)20(5)25(40-7)16-28(35)42-24(12-13-45-9)29(36)33-21(14-18(2)3)30(37)43-23/h18-27,34,38-39H,10-17H2,1-9H3,(H,33,36)/t19-,20-,21+,22+,23+,24-,25-,26+,27+,31+,32+/m0/s1. The fraction of sp³-hybridized carbons (Fsp3) is 0.906. The van der Waals surface area contributed by atoms with Gasteiger partial charge in [-0.15, -0.1) is 0 Å². The molecule has 2 aliphatic heterocycles. The van der Waals surface area contributed by atoms with Crippen molar-refractivity contribution in [3.8, 4) is 0 Å². The van der Waals surface area contributed by atoms with E-state index < -0.39 is 90.2 Å². The molecule has 2 saturated heterocycles. The summed E-state index contributed by atoms with van der Waals surface area (Å²) < 4.78 is 29.1. The summed E-state index contributed by atoms with van der Waals surface area (Å²) in [6.07, 6.45) is -2.59. The topological polar surface area (TPSA) is 170 Å². The number of carbonyl (C=O) groups excluding carboxylic acids is 3. The molecule has 2 bridgehead atoms. The minimum atomic E-state index is -2.26. The molecule has 0 unspecified atom stereocenters. The molecule has 4 N–H and O–H groups in total. The molecule has 0 aromatic carbocycles. The van der Waals surface area contributed by atoms with Gasteiger partial charge in [0.25, 0.3) is 5.91 Å². The van der Waals surface area contributed by atoms with E-state index in [1.807, 2.05) is 27.0 Å². The highest BCUT2D eigenvalue weighted by molar-refractivity contribution is 7.98. The Morgan fingerprint density at radius 1 is 1.07 bits per heavy atom. The van der Waals surface area contributed by atoms with Crippen molar-refractivity contribution >= 4 is 29.6 Å². The lowest BCUT2D eigenvalue weighted by atomic mass is 9.75. The van der Waals surface area contributed by atoms with Crippen molar-refractivity contribution in [2.24, 2.45) is 17.8 Å². The van der Waals surface area contributed by atoms with Crippen LogP contribution in [-0.2, 0) is 38.1 Å². The zero-order valence-corrected chi connectivity index (χ0v) is 29.3. The quantitative estimate of drug-likeness (QED) is 0.267. The fourth-order valence-electron chi connectivity index (χ4n) is 6.19. The number of hydrogen-bond donors (Lipinski definition) is 4. The molecule has 2 fully saturated rings. The van der Waals surface area contributed by atoms with Crippen molar-refractivity contribution in [1.82, 2.24) is 5.32 Å². The summed E-state index contributed by atoms with van der Waals surface area (Å²) >= 11 is 1.49. The number of fused-ring (bicyclic) bond motifs is 2. The van der Waals surface area contributed by atoms with Gasteiger partial charge in [-0.1, -0.05) is 41.0 Å². The summed E-state index contributed by atoms with van der Waals surface area (Å²) in [5.74, 6) is -4.81. The number of thioether (sulfide) groups is 1. The van der Waals surface area contributed by atoms with Gasteiger partial charge in [-0.25, -0.2) is 4.79 Å². The number of carbonyl (C=O) groups is 3. The molecule has 12 nitrogen and oxygen atoms in total. The number of amides is 1. The highest BCUT2D eigenvalue weighted by Gasteiger charge is 2.59. The van der Waals surface area contributed by atoms with Crippen LogP contribution in [0, 0.1) is 17.8 Å². The fourth-order valence-corrected chi connectivity index (χ4v) is 6.64. The molecule has 2 rings (SSSR count). The monoisotopic (exact) mass is 663 g/mol. The van der Waals surface area contributed by atoms with Gasteiger partial charge in [0.1, 0.15) is 17.7 Å². The largest absolute Gasteiger partial charge is 0.460 e. The van der Waals surface area contributed by atoms with Crippen LogP contribution in [0.3, 0.4) is 0 Å². The summed E-state index contributed by atoms with van der Waals surface area (Å²) in [5, 5.41) is 37.6. The maximum atomic E-state index is 13.6. The van der Waals surface area contributed by atoms with Gasteiger partial charge in [-0.05, 0) is 37.7 Å². The third kappa shape index (κ3) is 10.3. The first kappa shape index (κ1) is 39.7. The molecule has 13 heteroatoms. The number of cyclic esters (lactones) is 2. The highest BCUT2D eigenvalue weighted by Crippen LogP contribution is 2.44. The number of aliphatic hydroxyl groups excluding tert-OH is 1. The van der Waals surface area contributed by atoms with Crippen LogP contribution >= 0.6 is 11.8 Å². The molecule has 262 valence electrons. The number of ether oxygens (including phenoxy) is 5. The molecule has 2 heterocycles. The van der Waals surface area contributed by atoms with E-state index in [1.165, 1.54) is 32.9 Å². The number of methoxy groups -OCH3 is 2. The lowest BCUT2D eigenvalue weighted by Gasteiger charge is -2.53. The first-order chi connectivity index (χ1) is 21.0. The number of esters is 2. The molecule has 11 atom stereocenters. The molecular weight excluding hydrogens is 606 g/mol. The molecule has 0 spiro atoms. The van der Waals surface area contributed by atoms with E-state index >= 15 is 0 Å². The second-order valence-corrected chi connectivity index (χ2v) is 14.2. The van der Waals surface area contributed by atoms with Crippen molar-refractivity contribution in [3.05, 3.63) is 0 Å². The summed E-state index contributed by atoms with van der Waals surface area (Å²) in [6, 6.07) is -1.02. The van der Waals surface area contributed by atoms with Gasteiger partial charge >= 0.3 is 11.9 Å². The van der Waals surface area contributed by atoms with Crippen LogP contribution < -0.4 is 5.32 Å². The minimum Gasteiger partial charge on any atom is -0.460 e. The van der Waals surface area contributed by atoms with Crippen molar-refractivity contribution in [2.75, 3.05) is 26.2 Å². The second kappa shape index (κ2) is 17.6. The zero-order chi connectivity index (χ0) is 34.1. The number of rotatable bonds is 9. The predicted octanol–water partition coefficient (Wildman–Crippen LogP) is 2.58. The van der Waals surface area contributed by atoms with Crippen LogP contribution in [0.1, 0.15) is 86.5 Å². The van der Waals surface area contributed by atoms with Gasteiger partial charge in [-0.3, -0.25) is 9.59 Å². The number of aliphatic hydroxyl groups is 3. The molecule has 0 saturated carbocycles. The maximum Gasteiger partial charge on any atom is 0.328 e. The van der Waals surface area contributed by atoms with Crippen LogP contribution in [0.5, 0.6) is 0 Å². The lowest BCUT2D eigenvalue weighted by Crippen LogP contribution is -2.68. The van der Waals surface area contributed by atoms with Gasteiger partial charge < -0.3 is 44.3 Å². The normalized spacial score (nSPS) is 39.4. The number of nitrogens with one attached hydrogen (secondary N) is 1. The number of hydrogen-bond acceptors (Lipinski definition) is 12. The van der Waals surface area contributed by atoms with Gasteiger partial charge in [-0.2, -0.15) is 11.8 Å². The summed E-state index contributed by atoms with van der Waals surface area (Å²) in [6.45, 7) is 10.6. The smallest absolute Gasteiger partial charge is 0.328 e. The van der Waals surface area contributed by atoms with Gasteiger partial charge in [0.15, 0.2) is 11.9 Å². The lowest BCUT2D eigenvalue weighted by molar-refractivity contribution is -0.377. The summed E-state index contributed by atoms with van der Waals surface area (Å²) in [7, 11) is 2.86. The Kier molecular flexibility index (Phi) is 15.5. The first-order valence-electron chi connectivity index (χ1n) is 16.1. The van der Waals surface area contributed by atoms with Crippen LogP contribution in [-0.4, -0.2) is 113 Å². The Balaban J connectivity index is 2.60. The Morgan fingerprint density at radius 3 is 2.29 bits per heavy atom. The molecule has 0 radical (unpaired) electrons. The minimum absolute atomic E-state index is 0.0195. The summed E-state index contributed by atoms with van der Waals surface area (Å²) in [5.41, 5.74) is -1.92. The van der Waals surface area contributed by atoms with Gasteiger partial charge in [0.2, 0.25) is 0 Å². The van der Waals surface area contributed by atoms with E-state index in [1.54, 1.807) is 13.8 Å². The Bertz CT molecular complexity index is 965. The van der Waals surface area contributed by atoms with E-state index in [0.29, 0.717) is 18.6 Å². The summed E-state index contributed by atoms with van der Waals surface area (Å²) in [4.78, 5) is 40.3. The molecule has 0 aliphatic carbocycles. The Hall–Kier alpha value is -1.48. The van der Waals surface area contributed by atoms with Crippen molar-refractivity contribution in [1.29, 1.82) is 0 Å². The molecule has 45 heavy (non-hydrogen) atoms. The molecular formula is C32H57NO11S. The first-order valence-corrected chi connectivity index (χ1v) is 17.5. The van der Waals surface area contributed by atoms with Crippen LogP contribution in [0.25, 0.3) is 0 Å². The van der Waals surface area contributed by atoms with E-state index in [-0.39, 0.29) is 31.6 Å². The maximum absolute atomic E-state index is 13.6. The predicted molar refractivity (Wildman–Crippen MR) is 169 cm³/mol. The third-order valence-electron chi connectivity index (χ3n) is 9.32. The second-order valence-electron chi connectivity index (χ2n) is 13.2. The van der Waals surface area contributed by atoms with Crippen LogP contribution in [0.2, 0.25) is 0 Å². The van der Waals surface area contributed by atoms with Gasteiger partial charge in [0, 0.05) is 45.3 Å². The van der Waals surface area contributed by atoms with E-state index in [2.05, 4.69) is 5.32 Å². The Labute approximate surface area is 272 Å². The Morgan fingerprint density at radius 2 is 1.73 bits per heavy atom. The van der Waals surface area contributed by atoms with E-state index in [9.17, 15) is 29.7 Å². The molecule has 1 amide bonds. The van der Waals surface area contributed by atoms with Gasteiger partial charge in [0.05, 0.1) is 30.8 Å². The highest BCUT2D eigenvalue weighted by atomic mass is 32.2. The SMILES string of the molecule is CCC[C@H]1OC(=O)[C@@H](CC(C)C)NC(=O)[C@H](CCSC)OC(=O)C[C@H](OC)[C@H](C)[C@H]2C[C@@H](OC)[C@@](C)(O)[C@@](O)(C[C@@H](O)[C@@H]1C)O2. The molecule has 2 aliphatic rings. The third-order valence-corrected chi connectivity index (χ3v) is 9.96. The van der Waals surface area contributed by atoms with Crippen molar-refractivity contribution in [3.63, 3.8) is 0 Å². The van der Waals surface area contributed by atoms with Crippen molar-refractivity contribution < 1.29 is 53.4 Å². The zero-order valence-electron chi connectivity index (χ0n) is 28.4. The van der Waals surface area contributed by atoms with E-state index in [4.69, 9.17) is 23.7 Å². The van der Waals surface area contributed by atoms with Crippen LogP contribution in [0.4, 0.5) is 0 Å². The molecule has 0 aromatic heterocycles. The molecule has 0 aromatic rings. The van der Waals surface area contributed by atoms with E-state index in [0.717, 1.165) is 0 Å². The average molecular weight is 664 g/mol. The average Bonchev–Trinajstić information content (AvgIpc) is 2.97. The van der Waals surface area contributed by atoms with Crippen LogP contribution in [0.15, 0.2) is 0 Å². The van der Waals surface area contributed by atoms with Crippen molar-refractivity contribution in [2.45, 2.75) is 141 Å².